The average molecular weight is 617 g/mol. The van der Waals surface area contributed by atoms with Gasteiger partial charge in [-0.2, -0.15) is 13.2 Å². The first kappa shape index (κ1) is 29.7. The third kappa shape index (κ3) is 6.44. The fourth-order valence-corrected chi connectivity index (χ4v) is 7.12. The van der Waals surface area contributed by atoms with E-state index in [2.05, 4.69) is 27.4 Å². The number of halogens is 3. The second-order valence-corrected chi connectivity index (χ2v) is 14.1. The predicted molar refractivity (Wildman–Crippen MR) is 159 cm³/mol. The number of ether oxygens (including phenoxy) is 1. The summed E-state index contributed by atoms with van der Waals surface area (Å²) in [4.78, 5) is 2.55. The number of phenolic OH excluding ortho intramolecular Hbond substituents is 1. The molecule has 43 heavy (non-hydrogen) atoms. The first-order valence-electron chi connectivity index (χ1n) is 14.4. The third-order valence-electron chi connectivity index (χ3n) is 8.73. The lowest BCUT2D eigenvalue weighted by atomic mass is 9.75. The summed E-state index contributed by atoms with van der Waals surface area (Å²) in [5.74, 6) is 5.44. The molecule has 3 N–H and O–H groups in total. The highest BCUT2D eigenvalue weighted by Crippen LogP contribution is 2.41. The lowest BCUT2D eigenvalue weighted by Gasteiger charge is -2.58. The average Bonchev–Trinajstić information content (AvgIpc) is 3.23. The number of hydrogen-bond donors (Lipinski definition) is 3. The van der Waals surface area contributed by atoms with Gasteiger partial charge in [-0.1, -0.05) is 12.0 Å². The highest BCUT2D eigenvalue weighted by atomic mass is 32.2. The molecule has 1 aromatic heterocycles. The number of nitrogens with zero attached hydrogens (tertiary/aromatic N) is 2. The number of nitrogens with one attached hydrogen (secondary N) is 2. The molecule has 230 valence electrons. The van der Waals surface area contributed by atoms with E-state index in [1.54, 1.807) is 18.2 Å². The van der Waals surface area contributed by atoms with Gasteiger partial charge in [-0.05, 0) is 61.9 Å². The van der Waals surface area contributed by atoms with Gasteiger partial charge in [0, 0.05) is 54.0 Å². The number of fused-ring (bicyclic) bond motifs is 1. The van der Waals surface area contributed by atoms with Crippen molar-refractivity contribution in [2.45, 2.75) is 55.4 Å². The summed E-state index contributed by atoms with van der Waals surface area (Å²) < 4.78 is 70.8. The molecular formula is C31H35F3N4O4S. The Labute approximate surface area is 249 Å². The van der Waals surface area contributed by atoms with Crippen LogP contribution in [0.2, 0.25) is 0 Å². The number of benzene rings is 2. The molecule has 0 bridgehead atoms. The van der Waals surface area contributed by atoms with E-state index in [0.29, 0.717) is 22.4 Å². The number of anilines is 2. The van der Waals surface area contributed by atoms with Crippen LogP contribution in [0.3, 0.4) is 0 Å². The van der Waals surface area contributed by atoms with Crippen molar-refractivity contribution in [3.63, 3.8) is 0 Å². The summed E-state index contributed by atoms with van der Waals surface area (Å²) in [5, 5.41) is 17.4. The second-order valence-electron chi connectivity index (χ2n) is 12.1. The first-order chi connectivity index (χ1) is 20.4. The number of phenols is 1. The van der Waals surface area contributed by atoms with Gasteiger partial charge in [0.05, 0.1) is 41.6 Å². The number of hydrogen-bond acceptors (Lipinski definition) is 7. The van der Waals surface area contributed by atoms with Crippen molar-refractivity contribution < 1.29 is 31.4 Å². The minimum atomic E-state index is -4.43. The van der Waals surface area contributed by atoms with Crippen molar-refractivity contribution in [1.29, 1.82) is 0 Å². The maximum atomic E-state index is 13.6. The van der Waals surface area contributed by atoms with E-state index >= 15 is 0 Å². The summed E-state index contributed by atoms with van der Waals surface area (Å²) in [6.07, 6.45) is 0.796. The van der Waals surface area contributed by atoms with Gasteiger partial charge in [0.2, 0.25) is 0 Å². The topological polar surface area (TPSA) is 95.8 Å². The Bertz CT molecular complexity index is 1670. The largest absolute Gasteiger partial charge is 0.506 e. The van der Waals surface area contributed by atoms with E-state index in [4.69, 9.17) is 4.74 Å². The molecule has 3 aromatic rings. The van der Waals surface area contributed by atoms with Crippen LogP contribution in [-0.4, -0.2) is 80.4 Å². The van der Waals surface area contributed by atoms with Crippen molar-refractivity contribution in [2.75, 3.05) is 49.7 Å². The fraction of sp³-hybridized carbons (Fsp3) is 0.484. The number of alkyl halides is 3. The SMILES string of the molecule is CS(=O)(=O)c1ccc(NCC#Cc2cc3c(N[C@H]4CC[C@@H](N5CC6(COC6)C5)CC4)cccc3n2CC(F)(F)F)c(O)c1. The van der Waals surface area contributed by atoms with E-state index in [-0.39, 0.29) is 34.6 Å². The minimum Gasteiger partial charge on any atom is -0.506 e. The van der Waals surface area contributed by atoms with E-state index in [9.17, 15) is 26.7 Å². The second kappa shape index (κ2) is 11.3. The first-order valence-corrected chi connectivity index (χ1v) is 16.3. The van der Waals surface area contributed by atoms with Crippen LogP contribution in [0.4, 0.5) is 24.5 Å². The lowest BCUT2D eigenvalue weighted by molar-refractivity contribution is -0.200. The molecule has 0 radical (unpaired) electrons. The van der Waals surface area contributed by atoms with Crippen LogP contribution in [0.15, 0.2) is 47.4 Å². The summed E-state index contributed by atoms with van der Waals surface area (Å²) >= 11 is 0. The lowest BCUT2D eigenvalue weighted by Crippen LogP contribution is -2.68. The molecule has 3 heterocycles. The van der Waals surface area contributed by atoms with Gasteiger partial charge in [-0.15, -0.1) is 0 Å². The van der Waals surface area contributed by atoms with Crippen molar-refractivity contribution in [2.24, 2.45) is 5.41 Å². The Morgan fingerprint density at radius 2 is 1.81 bits per heavy atom. The molecule has 0 amide bonds. The van der Waals surface area contributed by atoms with Crippen LogP contribution in [0, 0.1) is 17.3 Å². The van der Waals surface area contributed by atoms with Gasteiger partial charge in [-0.3, -0.25) is 4.90 Å². The van der Waals surface area contributed by atoms with Gasteiger partial charge in [0.25, 0.3) is 0 Å². The number of aromatic nitrogens is 1. The zero-order chi connectivity index (χ0) is 30.4. The zero-order valence-corrected chi connectivity index (χ0v) is 24.7. The number of aromatic hydroxyl groups is 1. The van der Waals surface area contributed by atoms with Gasteiger partial charge >= 0.3 is 6.18 Å². The molecule has 1 saturated carbocycles. The molecule has 0 atom stereocenters. The van der Waals surface area contributed by atoms with Crippen LogP contribution >= 0.6 is 0 Å². The molecule has 3 aliphatic rings. The Hall–Kier alpha value is -3.40. The molecule has 6 rings (SSSR count). The van der Waals surface area contributed by atoms with E-state index in [1.165, 1.54) is 16.7 Å². The van der Waals surface area contributed by atoms with E-state index < -0.39 is 22.6 Å². The molecule has 3 fully saturated rings. The van der Waals surface area contributed by atoms with Gasteiger partial charge < -0.3 is 25.0 Å². The number of rotatable bonds is 7. The highest BCUT2D eigenvalue weighted by molar-refractivity contribution is 7.90. The molecule has 2 saturated heterocycles. The maximum Gasteiger partial charge on any atom is 0.406 e. The van der Waals surface area contributed by atoms with Crippen molar-refractivity contribution in [3.05, 3.63) is 48.2 Å². The van der Waals surface area contributed by atoms with Crippen molar-refractivity contribution >= 4 is 32.1 Å². The molecule has 12 heteroatoms. The summed E-state index contributed by atoms with van der Waals surface area (Å²) in [6.45, 7) is 2.87. The van der Waals surface area contributed by atoms with Gasteiger partial charge in [0.15, 0.2) is 9.84 Å². The molecule has 1 aliphatic carbocycles. The maximum absolute atomic E-state index is 13.6. The number of likely N-dealkylation sites (tertiary alicyclic amines) is 1. The Morgan fingerprint density at radius 3 is 2.44 bits per heavy atom. The Morgan fingerprint density at radius 1 is 1.07 bits per heavy atom. The quantitative estimate of drug-likeness (QED) is 0.259. The van der Waals surface area contributed by atoms with Crippen LogP contribution < -0.4 is 10.6 Å². The normalized spacial score (nSPS) is 22.0. The third-order valence-corrected chi connectivity index (χ3v) is 9.84. The number of sulfone groups is 1. The summed E-state index contributed by atoms with van der Waals surface area (Å²) in [5.41, 5.74) is 2.16. The van der Waals surface area contributed by atoms with Crippen LogP contribution in [-0.2, 0) is 21.1 Å². The van der Waals surface area contributed by atoms with E-state index in [0.717, 1.165) is 70.0 Å². The van der Waals surface area contributed by atoms with Crippen LogP contribution in [0.5, 0.6) is 5.75 Å². The predicted octanol–water partition coefficient (Wildman–Crippen LogP) is 4.83. The smallest absolute Gasteiger partial charge is 0.406 e. The molecule has 2 aliphatic heterocycles. The Kier molecular flexibility index (Phi) is 7.77. The standard InChI is InChI=1S/C31H35F3N4O4S/c1-43(40,41)24-11-12-27(29(39)15-24)35-13-3-4-23-14-25-26(5-2-6-28(25)38(23)18-31(32,33)34)36-21-7-9-22(10-8-21)37-16-30(17-37)19-42-20-30/h2,5-6,11-12,14-15,21-22,35-36,39H,7-10,13,16-20H2,1H3/t21-,22+. The van der Waals surface area contributed by atoms with Gasteiger partial charge in [0.1, 0.15) is 12.3 Å². The van der Waals surface area contributed by atoms with E-state index in [1.807, 2.05) is 6.07 Å². The molecule has 8 nitrogen and oxygen atoms in total. The molecular weight excluding hydrogens is 581 g/mol. The molecule has 0 unspecified atom stereocenters. The monoisotopic (exact) mass is 616 g/mol. The van der Waals surface area contributed by atoms with Gasteiger partial charge in [-0.25, -0.2) is 8.42 Å². The van der Waals surface area contributed by atoms with Crippen molar-refractivity contribution in [1.82, 2.24) is 9.47 Å². The zero-order valence-electron chi connectivity index (χ0n) is 23.9. The minimum absolute atomic E-state index is 0.0238. The van der Waals surface area contributed by atoms with Crippen molar-refractivity contribution in [3.8, 4) is 17.6 Å². The molecule has 1 spiro atoms. The Balaban J connectivity index is 1.15. The fourth-order valence-electron chi connectivity index (χ4n) is 6.48. The van der Waals surface area contributed by atoms with Crippen LogP contribution in [0.1, 0.15) is 31.4 Å². The van der Waals surface area contributed by atoms with Crippen LogP contribution in [0.25, 0.3) is 10.9 Å². The molecule has 2 aromatic carbocycles. The summed E-state index contributed by atoms with van der Waals surface area (Å²) in [6, 6.07) is 11.8. The highest BCUT2D eigenvalue weighted by Gasteiger charge is 2.50. The summed E-state index contributed by atoms with van der Waals surface area (Å²) in [7, 11) is -3.48.